The topological polar surface area (TPSA) is 43.1 Å². The molecule has 0 atom stereocenters. The number of aldehydes is 1. The van der Waals surface area contributed by atoms with Gasteiger partial charge in [-0.3, -0.25) is 4.79 Å². The third-order valence-corrected chi connectivity index (χ3v) is 1.68. The van der Waals surface area contributed by atoms with Crippen molar-refractivity contribution in [2.45, 2.75) is 6.92 Å². The third-order valence-electron chi connectivity index (χ3n) is 0.703. The van der Waals surface area contributed by atoms with Crippen LogP contribution in [0.4, 0.5) is 0 Å². The molecule has 0 aromatic heterocycles. The van der Waals surface area contributed by atoms with E-state index in [1.54, 1.807) is 6.08 Å². The molecule has 0 fully saturated rings. The molecule has 0 aromatic rings. The molecule has 2 N–H and O–H groups in total. The fourth-order valence-electron chi connectivity index (χ4n) is 0.328. The molecule has 0 heterocycles. The molecule has 0 aliphatic rings. The van der Waals surface area contributed by atoms with Gasteiger partial charge in [-0.2, -0.15) is 0 Å². The number of carbonyl (C=O) groups is 1. The van der Waals surface area contributed by atoms with Crippen LogP contribution >= 0.6 is 22.6 Å². The second kappa shape index (κ2) is 4.55. The van der Waals surface area contributed by atoms with Crippen LogP contribution in [0.25, 0.3) is 0 Å². The minimum atomic E-state index is 0.264. The van der Waals surface area contributed by atoms with Crippen LogP contribution in [-0.2, 0) is 4.79 Å². The lowest BCUT2D eigenvalue weighted by molar-refractivity contribution is -0.104. The lowest BCUT2D eigenvalue weighted by atomic mass is 10.3. The summed E-state index contributed by atoms with van der Waals surface area (Å²) < 4.78 is 1.86. The highest BCUT2D eigenvalue weighted by Crippen LogP contribution is 1.99. The molecule has 0 saturated heterocycles. The van der Waals surface area contributed by atoms with E-state index in [0.29, 0.717) is 6.29 Å². The molecule has 3 heteroatoms. The predicted octanol–water partition coefficient (Wildman–Crippen LogP) is 1.37. The summed E-state index contributed by atoms with van der Waals surface area (Å²) in [6.45, 7) is 1.88. The number of hydrogen-bond donors (Lipinski definition) is 1. The van der Waals surface area contributed by atoms with Crippen molar-refractivity contribution in [2.24, 2.45) is 5.73 Å². The van der Waals surface area contributed by atoms with Gasteiger partial charge in [-0.1, -0.05) is 22.6 Å². The molecule has 0 amide bonds. The van der Waals surface area contributed by atoms with E-state index in [1.807, 2.05) is 11.0 Å². The molecule has 0 rings (SSSR count). The fourth-order valence-corrected chi connectivity index (χ4v) is 0.508. The molecule has 50 valence electrons. The van der Waals surface area contributed by atoms with Gasteiger partial charge in [0.1, 0.15) is 0 Å². The van der Waals surface area contributed by atoms with Crippen molar-refractivity contribution in [1.29, 1.82) is 0 Å². The Kier molecular flexibility index (Phi) is 4.39. The van der Waals surface area contributed by atoms with Gasteiger partial charge in [-0.05, 0) is 22.7 Å². The zero-order valence-corrected chi connectivity index (χ0v) is 7.25. The molecule has 0 unspecified atom stereocenters. The summed E-state index contributed by atoms with van der Waals surface area (Å²) in [5.74, 6) is 0. The lowest BCUT2D eigenvalue weighted by Crippen LogP contribution is -1.97. The molecular formula is C6H8INO. The maximum atomic E-state index is 9.93. The van der Waals surface area contributed by atoms with Gasteiger partial charge in [-0.25, -0.2) is 0 Å². The highest BCUT2D eigenvalue weighted by atomic mass is 127. The summed E-state index contributed by atoms with van der Waals surface area (Å²) in [5.41, 5.74) is 6.45. The van der Waals surface area contributed by atoms with Gasteiger partial charge in [-0.15, -0.1) is 0 Å². The quantitative estimate of drug-likeness (QED) is 0.341. The number of hydrogen-bond acceptors (Lipinski definition) is 2. The maximum absolute atomic E-state index is 9.93. The molecular weight excluding hydrogens is 229 g/mol. The van der Waals surface area contributed by atoms with Crippen LogP contribution in [0.5, 0.6) is 0 Å². The van der Waals surface area contributed by atoms with E-state index in [1.165, 1.54) is 0 Å². The van der Waals surface area contributed by atoms with Gasteiger partial charge in [0.15, 0.2) is 6.29 Å². The Labute approximate surface area is 67.9 Å². The third kappa shape index (κ3) is 4.20. The Morgan fingerprint density at radius 3 is 2.56 bits per heavy atom. The first-order chi connectivity index (χ1) is 4.20. The van der Waals surface area contributed by atoms with Gasteiger partial charge >= 0.3 is 0 Å². The summed E-state index contributed by atoms with van der Waals surface area (Å²) in [7, 11) is 0. The highest BCUT2D eigenvalue weighted by Gasteiger charge is 1.83. The van der Waals surface area contributed by atoms with Crippen molar-refractivity contribution >= 4 is 28.9 Å². The van der Waals surface area contributed by atoms with Gasteiger partial charge in [0.25, 0.3) is 0 Å². The normalized spacial score (nSPS) is 13.6. The monoisotopic (exact) mass is 237 g/mol. The SMILES string of the molecule is CC(/C=C(\N)C=O)=C/I. The van der Waals surface area contributed by atoms with Crippen LogP contribution in [0.3, 0.4) is 0 Å². The average molecular weight is 237 g/mol. The summed E-state index contributed by atoms with van der Waals surface area (Å²) in [4.78, 5) is 9.93. The molecule has 0 aliphatic heterocycles. The zero-order valence-electron chi connectivity index (χ0n) is 5.10. The number of halogens is 1. The summed E-state index contributed by atoms with van der Waals surface area (Å²) in [5, 5.41) is 0. The van der Waals surface area contributed by atoms with Crippen LogP contribution in [0.15, 0.2) is 21.4 Å². The minimum Gasteiger partial charge on any atom is -0.396 e. The largest absolute Gasteiger partial charge is 0.396 e. The standard InChI is InChI=1S/C6H8INO/c1-5(3-7)2-6(8)4-9/h2-4H,8H2,1H3/b5-3-,6-2-. The average Bonchev–Trinajstić information content (AvgIpc) is 1.87. The van der Waals surface area contributed by atoms with Crippen molar-refractivity contribution in [3.8, 4) is 0 Å². The Hall–Kier alpha value is -0.320. The molecule has 0 spiro atoms. The van der Waals surface area contributed by atoms with E-state index in [4.69, 9.17) is 5.73 Å². The van der Waals surface area contributed by atoms with E-state index >= 15 is 0 Å². The highest BCUT2D eigenvalue weighted by molar-refractivity contribution is 14.1. The van der Waals surface area contributed by atoms with Gasteiger partial charge in [0, 0.05) is 0 Å². The van der Waals surface area contributed by atoms with E-state index in [9.17, 15) is 4.79 Å². The van der Waals surface area contributed by atoms with Crippen LogP contribution in [-0.4, -0.2) is 6.29 Å². The van der Waals surface area contributed by atoms with Crippen LogP contribution in [0.1, 0.15) is 6.92 Å². The number of rotatable bonds is 2. The molecule has 0 radical (unpaired) electrons. The fraction of sp³-hybridized carbons (Fsp3) is 0.167. The van der Waals surface area contributed by atoms with E-state index < -0.39 is 0 Å². The van der Waals surface area contributed by atoms with Gasteiger partial charge in [0.05, 0.1) is 5.70 Å². The summed E-state index contributed by atoms with van der Waals surface area (Å²) in [6.07, 6.45) is 2.25. The molecule has 2 nitrogen and oxygen atoms in total. The predicted molar refractivity (Wildman–Crippen MR) is 46.1 cm³/mol. The number of nitrogens with two attached hydrogens (primary N) is 1. The Morgan fingerprint density at radius 2 is 2.22 bits per heavy atom. The van der Waals surface area contributed by atoms with Crippen molar-refractivity contribution in [3.63, 3.8) is 0 Å². The Morgan fingerprint density at radius 1 is 1.67 bits per heavy atom. The Bertz CT molecular complexity index is 160. The smallest absolute Gasteiger partial charge is 0.165 e. The van der Waals surface area contributed by atoms with Crippen molar-refractivity contribution < 1.29 is 4.79 Å². The first kappa shape index (κ1) is 8.68. The van der Waals surface area contributed by atoms with Gasteiger partial charge in [0.2, 0.25) is 0 Å². The first-order valence-corrected chi connectivity index (χ1v) is 3.64. The van der Waals surface area contributed by atoms with E-state index in [-0.39, 0.29) is 5.70 Å². The molecule has 0 aromatic carbocycles. The van der Waals surface area contributed by atoms with Crippen molar-refractivity contribution in [2.75, 3.05) is 0 Å². The minimum absolute atomic E-state index is 0.264. The second-order valence-corrected chi connectivity index (χ2v) is 2.24. The number of carbonyl (C=O) groups excluding carboxylic acids is 1. The van der Waals surface area contributed by atoms with Crippen molar-refractivity contribution in [1.82, 2.24) is 0 Å². The lowest BCUT2D eigenvalue weighted by Gasteiger charge is -1.87. The second-order valence-electron chi connectivity index (χ2n) is 1.62. The molecule has 0 saturated carbocycles. The number of allylic oxidation sites excluding steroid dienone is 3. The zero-order chi connectivity index (χ0) is 7.28. The maximum Gasteiger partial charge on any atom is 0.165 e. The van der Waals surface area contributed by atoms with E-state index in [2.05, 4.69) is 22.6 Å². The molecule has 9 heavy (non-hydrogen) atoms. The molecule has 0 aliphatic carbocycles. The van der Waals surface area contributed by atoms with E-state index in [0.717, 1.165) is 5.57 Å². The molecule has 0 bridgehead atoms. The van der Waals surface area contributed by atoms with Crippen molar-refractivity contribution in [3.05, 3.63) is 21.4 Å². The first-order valence-electron chi connectivity index (χ1n) is 2.40. The summed E-state index contributed by atoms with van der Waals surface area (Å²) >= 11 is 2.09. The summed E-state index contributed by atoms with van der Waals surface area (Å²) in [6, 6.07) is 0. The Balaban J connectivity index is 4.11. The van der Waals surface area contributed by atoms with Gasteiger partial charge < -0.3 is 5.73 Å². The van der Waals surface area contributed by atoms with Crippen LogP contribution in [0, 0.1) is 0 Å². The van der Waals surface area contributed by atoms with Crippen LogP contribution < -0.4 is 5.73 Å². The van der Waals surface area contributed by atoms with Crippen LogP contribution in [0.2, 0.25) is 0 Å².